The molecule has 0 radical (unpaired) electrons. The highest BCUT2D eigenvalue weighted by Crippen LogP contribution is 2.23. The monoisotopic (exact) mass is 202 g/mol. The molecule has 0 amide bonds. The number of pyridine rings is 1. The van der Waals surface area contributed by atoms with Crippen molar-refractivity contribution in [1.82, 2.24) is 14.5 Å². The van der Waals surface area contributed by atoms with Gasteiger partial charge in [-0.1, -0.05) is 0 Å². The fraction of sp³-hybridized carbons (Fsp3) is 0.455. The maximum atomic E-state index is 5.57. The lowest BCUT2D eigenvalue weighted by molar-refractivity contribution is 0.771. The third-order valence-electron chi connectivity index (χ3n) is 2.99. The lowest BCUT2D eigenvalue weighted by Crippen LogP contribution is -2.05. The predicted octanol–water partition coefficient (Wildman–Crippen LogP) is 0.879. The van der Waals surface area contributed by atoms with Gasteiger partial charge in [-0.25, -0.2) is 4.98 Å². The van der Waals surface area contributed by atoms with Crippen LogP contribution in [0.15, 0.2) is 12.3 Å². The fourth-order valence-electron chi connectivity index (χ4n) is 2.31. The molecule has 2 aromatic heterocycles. The lowest BCUT2D eigenvalue weighted by atomic mass is 10.2. The maximum Gasteiger partial charge on any atom is 0.110 e. The molecule has 0 aliphatic carbocycles. The number of aromatic nitrogens is 3. The van der Waals surface area contributed by atoms with E-state index in [0.29, 0.717) is 6.54 Å². The van der Waals surface area contributed by atoms with Crippen molar-refractivity contribution < 1.29 is 0 Å². The molecule has 0 atom stereocenters. The zero-order valence-corrected chi connectivity index (χ0v) is 8.61. The fourth-order valence-corrected chi connectivity index (χ4v) is 2.31. The number of rotatable bonds is 2. The zero-order valence-electron chi connectivity index (χ0n) is 8.61. The summed E-state index contributed by atoms with van der Waals surface area (Å²) in [5.74, 6) is 1.20. The van der Waals surface area contributed by atoms with Crippen molar-refractivity contribution in [3.63, 3.8) is 0 Å². The van der Waals surface area contributed by atoms with Crippen LogP contribution >= 0.6 is 0 Å². The topological polar surface area (TPSA) is 56.7 Å². The van der Waals surface area contributed by atoms with Crippen molar-refractivity contribution >= 4 is 11.0 Å². The Bertz CT molecular complexity index is 501. The molecule has 0 bridgehead atoms. The van der Waals surface area contributed by atoms with Crippen molar-refractivity contribution in [1.29, 1.82) is 0 Å². The molecule has 2 aromatic rings. The summed E-state index contributed by atoms with van der Waals surface area (Å²) >= 11 is 0. The zero-order chi connectivity index (χ0) is 10.3. The standard InChI is InChI=1S/C11H14N4/c12-5-3-8-11-9(4-6-13-8)15-7-1-2-10(15)14-11/h4,6H,1-3,5,7,12H2. The second-order valence-corrected chi connectivity index (χ2v) is 3.95. The minimum Gasteiger partial charge on any atom is -0.330 e. The highest BCUT2D eigenvalue weighted by Gasteiger charge is 2.17. The van der Waals surface area contributed by atoms with Crippen LogP contribution in [0, 0.1) is 0 Å². The Balaban J connectivity index is 2.23. The number of hydrogen-bond donors (Lipinski definition) is 1. The van der Waals surface area contributed by atoms with Crippen LogP contribution < -0.4 is 5.73 Å². The van der Waals surface area contributed by atoms with E-state index in [1.807, 2.05) is 6.20 Å². The van der Waals surface area contributed by atoms with Crippen molar-refractivity contribution in [3.8, 4) is 0 Å². The summed E-state index contributed by atoms with van der Waals surface area (Å²) in [6.07, 6.45) is 4.98. The maximum absolute atomic E-state index is 5.57. The van der Waals surface area contributed by atoms with E-state index in [2.05, 4.69) is 20.6 Å². The first-order chi connectivity index (χ1) is 7.40. The Hall–Kier alpha value is -1.42. The number of fused-ring (bicyclic) bond motifs is 3. The molecular formula is C11H14N4. The molecule has 78 valence electrons. The summed E-state index contributed by atoms with van der Waals surface area (Å²) in [4.78, 5) is 9.01. The van der Waals surface area contributed by atoms with Gasteiger partial charge in [-0.2, -0.15) is 0 Å². The molecule has 1 aliphatic heterocycles. The van der Waals surface area contributed by atoms with Gasteiger partial charge in [-0.05, 0) is 19.0 Å². The largest absolute Gasteiger partial charge is 0.330 e. The first-order valence-corrected chi connectivity index (χ1v) is 5.43. The van der Waals surface area contributed by atoms with Gasteiger partial charge in [0.2, 0.25) is 0 Å². The van der Waals surface area contributed by atoms with Crippen molar-refractivity contribution in [2.75, 3.05) is 6.54 Å². The van der Waals surface area contributed by atoms with Crippen molar-refractivity contribution in [2.24, 2.45) is 5.73 Å². The van der Waals surface area contributed by atoms with Crippen molar-refractivity contribution in [2.45, 2.75) is 25.8 Å². The molecule has 4 nitrogen and oxygen atoms in total. The van der Waals surface area contributed by atoms with Crippen LogP contribution in [0.4, 0.5) is 0 Å². The van der Waals surface area contributed by atoms with E-state index in [0.717, 1.165) is 30.6 Å². The molecule has 3 rings (SSSR count). The van der Waals surface area contributed by atoms with E-state index in [9.17, 15) is 0 Å². The smallest absolute Gasteiger partial charge is 0.110 e. The average Bonchev–Trinajstić information content (AvgIpc) is 2.79. The normalized spacial score (nSPS) is 14.7. The number of nitrogens with zero attached hydrogens (tertiary/aromatic N) is 3. The number of imidazole rings is 1. The molecule has 0 aromatic carbocycles. The first kappa shape index (κ1) is 8.85. The number of aryl methyl sites for hydroxylation is 2. The molecule has 4 heteroatoms. The Kier molecular flexibility index (Phi) is 1.95. The number of nitrogens with two attached hydrogens (primary N) is 1. The Morgan fingerprint density at radius 1 is 1.47 bits per heavy atom. The van der Waals surface area contributed by atoms with E-state index in [1.165, 1.54) is 17.8 Å². The van der Waals surface area contributed by atoms with Crippen molar-refractivity contribution in [3.05, 3.63) is 23.8 Å². The van der Waals surface area contributed by atoms with Gasteiger partial charge in [-0.3, -0.25) is 4.98 Å². The summed E-state index contributed by atoms with van der Waals surface area (Å²) in [7, 11) is 0. The second-order valence-electron chi connectivity index (χ2n) is 3.95. The van der Waals surface area contributed by atoms with Gasteiger partial charge in [0.1, 0.15) is 11.3 Å². The summed E-state index contributed by atoms with van der Waals surface area (Å²) in [5.41, 5.74) is 8.88. The van der Waals surface area contributed by atoms with Crippen LogP contribution in [-0.4, -0.2) is 21.1 Å². The van der Waals surface area contributed by atoms with Crippen LogP contribution in [0.3, 0.4) is 0 Å². The van der Waals surface area contributed by atoms with E-state index in [4.69, 9.17) is 5.73 Å². The van der Waals surface area contributed by atoms with Gasteiger partial charge in [0, 0.05) is 25.6 Å². The Morgan fingerprint density at radius 2 is 2.40 bits per heavy atom. The molecule has 1 aliphatic rings. The highest BCUT2D eigenvalue weighted by molar-refractivity contribution is 5.78. The molecule has 0 unspecified atom stereocenters. The lowest BCUT2D eigenvalue weighted by Gasteiger charge is -2.00. The van der Waals surface area contributed by atoms with E-state index < -0.39 is 0 Å². The Labute approximate surface area is 88.1 Å². The SMILES string of the molecule is NCCc1nccc2c1nc1n2CCC1. The second kappa shape index (κ2) is 3.31. The quantitative estimate of drug-likeness (QED) is 0.786. The first-order valence-electron chi connectivity index (χ1n) is 5.43. The summed E-state index contributed by atoms with van der Waals surface area (Å²) < 4.78 is 2.30. The third-order valence-corrected chi connectivity index (χ3v) is 2.99. The van der Waals surface area contributed by atoms with Crippen LogP contribution in [0.5, 0.6) is 0 Å². The third kappa shape index (κ3) is 1.25. The molecule has 3 heterocycles. The molecule has 0 saturated heterocycles. The van der Waals surface area contributed by atoms with E-state index >= 15 is 0 Å². The van der Waals surface area contributed by atoms with Crippen LogP contribution in [0.25, 0.3) is 11.0 Å². The summed E-state index contributed by atoms with van der Waals surface area (Å²) in [5, 5.41) is 0. The van der Waals surface area contributed by atoms with Gasteiger partial charge in [0.05, 0.1) is 11.2 Å². The minimum atomic E-state index is 0.633. The molecule has 2 N–H and O–H groups in total. The molecule has 15 heavy (non-hydrogen) atoms. The van der Waals surface area contributed by atoms with Gasteiger partial charge in [0.25, 0.3) is 0 Å². The van der Waals surface area contributed by atoms with Gasteiger partial charge >= 0.3 is 0 Å². The number of hydrogen-bond acceptors (Lipinski definition) is 3. The highest BCUT2D eigenvalue weighted by atomic mass is 15.1. The van der Waals surface area contributed by atoms with E-state index in [1.54, 1.807) is 0 Å². The summed E-state index contributed by atoms with van der Waals surface area (Å²) in [6.45, 7) is 1.73. The molecule has 0 fully saturated rings. The van der Waals surface area contributed by atoms with E-state index in [-0.39, 0.29) is 0 Å². The Morgan fingerprint density at radius 3 is 3.27 bits per heavy atom. The minimum absolute atomic E-state index is 0.633. The van der Waals surface area contributed by atoms with Crippen LogP contribution in [-0.2, 0) is 19.4 Å². The molecule has 0 spiro atoms. The van der Waals surface area contributed by atoms with Gasteiger partial charge < -0.3 is 10.3 Å². The average molecular weight is 202 g/mol. The molecule has 0 saturated carbocycles. The van der Waals surface area contributed by atoms with Crippen LogP contribution in [0.1, 0.15) is 17.9 Å². The van der Waals surface area contributed by atoms with Gasteiger partial charge in [-0.15, -0.1) is 0 Å². The van der Waals surface area contributed by atoms with Crippen LogP contribution in [0.2, 0.25) is 0 Å². The molecular weight excluding hydrogens is 188 g/mol. The predicted molar refractivity (Wildman–Crippen MR) is 58.6 cm³/mol. The summed E-state index contributed by atoms with van der Waals surface area (Å²) in [6, 6.07) is 2.05. The van der Waals surface area contributed by atoms with Gasteiger partial charge in [0.15, 0.2) is 0 Å².